The van der Waals surface area contributed by atoms with Crippen LogP contribution >= 0.6 is 0 Å². The van der Waals surface area contributed by atoms with Gasteiger partial charge in [0.25, 0.3) is 0 Å². The molecule has 4 N–H and O–H groups in total. The van der Waals surface area contributed by atoms with Gasteiger partial charge in [0.05, 0.1) is 7.11 Å². The second-order valence-electron chi connectivity index (χ2n) is 4.39. The Balaban J connectivity index is 2.69. The number of hydrogen-bond acceptors (Lipinski definition) is 3. The molecular formula is C13H22N2O. The summed E-state index contributed by atoms with van der Waals surface area (Å²) >= 11 is 0. The number of ether oxygens (including phenoxy) is 1. The predicted molar refractivity (Wildman–Crippen MR) is 67.5 cm³/mol. The Labute approximate surface area is 97.8 Å². The van der Waals surface area contributed by atoms with Gasteiger partial charge in [0.15, 0.2) is 0 Å². The maximum atomic E-state index is 6.11. The van der Waals surface area contributed by atoms with Crippen LogP contribution in [0.2, 0.25) is 0 Å². The lowest BCUT2D eigenvalue weighted by molar-refractivity contribution is 0.411. The highest BCUT2D eigenvalue weighted by atomic mass is 16.5. The normalized spacial score (nSPS) is 14.6. The van der Waals surface area contributed by atoms with E-state index in [1.54, 1.807) is 7.11 Å². The van der Waals surface area contributed by atoms with Crippen LogP contribution in [-0.4, -0.2) is 13.2 Å². The number of rotatable bonds is 5. The monoisotopic (exact) mass is 222 g/mol. The Morgan fingerprint density at radius 2 is 1.94 bits per heavy atom. The van der Waals surface area contributed by atoms with Crippen molar-refractivity contribution < 1.29 is 4.74 Å². The fourth-order valence-electron chi connectivity index (χ4n) is 1.74. The molecule has 3 nitrogen and oxygen atoms in total. The maximum Gasteiger partial charge on any atom is 0.121 e. The Bertz CT molecular complexity index is 337. The zero-order valence-electron chi connectivity index (χ0n) is 10.4. The number of nitrogens with two attached hydrogens (primary N) is 2. The van der Waals surface area contributed by atoms with Gasteiger partial charge in [-0.2, -0.15) is 0 Å². The second-order valence-corrected chi connectivity index (χ2v) is 4.39. The molecule has 0 radical (unpaired) electrons. The predicted octanol–water partition coefficient (Wildman–Crippen LogP) is 2.13. The average molecular weight is 222 g/mol. The van der Waals surface area contributed by atoms with Crippen LogP contribution < -0.4 is 16.2 Å². The van der Waals surface area contributed by atoms with Gasteiger partial charge in [0, 0.05) is 12.1 Å². The molecule has 0 amide bonds. The quantitative estimate of drug-likeness (QED) is 0.802. The molecule has 0 saturated carbocycles. The van der Waals surface area contributed by atoms with E-state index in [0.29, 0.717) is 0 Å². The van der Waals surface area contributed by atoms with E-state index >= 15 is 0 Å². The summed E-state index contributed by atoms with van der Waals surface area (Å²) in [5.41, 5.74) is 14.1. The van der Waals surface area contributed by atoms with E-state index in [9.17, 15) is 0 Å². The van der Waals surface area contributed by atoms with Crippen LogP contribution in [0.5, 0.6) is 5.75 Å². The fraction of sp³-hybridized carbons (Fsp3) is 0.538. The summed E-state index contributed by atoms with van der Waals surface area (Å²) in [6, 6.07) is 6.36. The van der Waals surface area contributed by atoms with Crippen LogP contribution in [0, 0.1) is 6.92 Å². The molecule has 0 aliphatic rings. The third-order valence-corrected chi connectivity index (χ3v) is 2.78. The van der Waals surface area contributed by atoms with Crippen molar-refractivity contribution in [3.63, 3.8) is 0 Å². The average Bonchev–Trinajstić information content (AvgIpc) is 2.25. The second kappa shape index (κ2) is 5.87. The van der Waals surface area contributed by atoms with Crippen molar-refractivity contribution in [3.05, 3.63) is 29.3 Å². The van der Waals surface area contributed by atoms with Crippen molar-refractivity contribution in [2.24, 2.45) is 11.5 Å². The smallest absolute Gasteiger partial charge is 0.121 e. The van der Waals surface area contributed by atoms with Crippen LogP contribution in [0.25, 0.3) is 0 Å². The molecular weight excluding hydrogens is 200 g/mol. The van der Waals surface area contributed by atoms with E-state index in [1.807, 2.05) is 26.0 Å². The van der Waals surface area contributed by atoms with Crippen molar-refractivity contribution in [1.82, 2.24) is 0 Å². The highest BCUT2D eigenvalue weighted by Crippen LogP contribution is 2.23. The molecule has 0 saturated heterocycles. The first kappa shape index (κ1) is 13.0. The minimum absolute atomic E-state index is 0.0654. The SMILES string of the molecule is COc1ccc(C(N)CCC(C)N)cc1C. The molecule has 2 unspecified atom stereocenters. The molecule has 0 fully saturated rings. The summed E-state index contributed by atoms with van der Waals surface area (Å²) in [5, 5.41) is 0. The minimum Gasteiger partial charge on any atom is -0.496 e. The first-order chi connectivity index (χ1) is 7.54. The van der Waals surface area contributed by atoms with Gasteiger partial charge < -0.3 is 16.2 Å². The van der Waals surface area contributed by atoms with Crippen molar-refractivity contribution in [2.75, 3.05) is 7.11 Å². The molecule has 16 heavy (non-hydrogen) atoms. The Morgan fingerprint density at radius 1 is 1.25 bits per heavy atom. The number of benzene rings is 1. The summed E-state index contributed by atoms with van der Waals surface area (Å²) in [6.07, 6.45) is 1.87. The van der Waals surface area contributed by atoms with E-state index in [-0.39, 0.29) is 12.1 Å². The Hall–Kier alpha value is -1.06. The standard InChI is InChI=1S/C13H22N2O/c1-9-8-11(5-7-13(9)16-3)12(15)6-4-10(2)14/h5,7-8,10,12H,4,6,14-15H2,1-3H3. The molecule has 0 heterocycles. The number of methoxy groups -OCH3 is 1. The van der Waals surface area contributed by atoms with E-state index in [4.69, 9.17) is 16.2 Å². The van der Waals surface area contributed by atoms with E-state index in [2.05, 4.69) is 6.07 Å². The lowest BCUT2D eigenvalue weighted by Crippen LogP contribution is -2.19. The zero-order chi connectivity index (χ0) is 12.1. The molecule has 2 atom stereocenters. The fourth-order valence-corrected chi connectivity index (χ4v) is 1.74. The third kappa shape index (κ3) is 3.51. The summed E-state index contributed by atoms with van der Waals surface area (Å²) < 4.78 is 5.22. The summed E-state index contributed by atoms with van der Waals surface area (Å²) in [7, 11) is 1.68. The van der Waals surface area contributed by atoms with Gasteiger partial charge in [-0.1, -0.05) is 12.1 Å². The Morgan fingerprint density at radius 3 is 2.44 bits per heavy atom. The summed E-state index contributed by atoms with van der Waals surface area (Å²) in [6.45, 7) is 4.03. The van der Waals surface area contributed by atoms with E-state index < -0.39 is 0 Å². The topological polar surface area (TPSA) is 61.3 Å². The molecule has 3 heteroatoms. The van der Waals surface area contributed by atoms with Crippen LogP contribution in [0.4, 0.5) is 0 Å². The molecule has 1 aromatic carbocycles. The van der Waals surface area contributed by atoms with Gasteiger partial charge in [-0.05, 0) is 43.9 Å². The van der Waals surface area contributed by atoms with Crippen molar-refractivity contribution in [3.8, 4) is 5.75 Å². The van der Waals surface area contributed by atoms with Crippen LogP contribution in [-0.2, 0) is 0 Å². The largest absolute Gasteiger partial charge is 0.496 e. The summed E-state index contributed by atoms with van der Waals surface area (Å²) in [5.74, 6) is 0.906. The van der Waals surface area contributed by atoms with Crippen LogP contribution in [0.15, 0.2) is 18.2 Å². The minimum atomic E-state index is 0.0654. The highest BCUT2D eigenvalue weighted by molar-refractivity contribution is 5.37. The molecule has 1 aromatic rings. The van der Waals surface area contributed by atoms with Crippen molar-refractivity contribution in [2.45, 2.75) is 38.8 Å². The van der Waals surface area contributed by atoms with E-state index in [0.717, 1.165) is 29.7 Å². The molecule has 0 aromatic heterocycles. The van der Waals surface area contributed by atoms with Crippen molar-refractivity contribution >= 4 is 0 Å². The first-order valence-electron chi connectivity index (χ1n) is 5.70. The first-order valence-corrected chi connectivity index (χ1v) is 5.70. The van der Waals surface area contributed by atoms with Crippen molar-refractivity contribution in [1.29, 1.82) is 0 Å². The summed E-state index contributed by atoms with van der Waals surface area (Å²) in [4.78, 5) is 0. The van der Waals surface area contributed by atoms with Gasteiger partial charge in [0.2, 0.25) is 0 Å². The maximum absolute atomic E-state index is 6.11. The molecule has 0 aliphatic carbocycles. The lowest BCUT2D eigenvalue weighted by atomic mass is 9.99. The van der Waals surface area contributed by atoms with Crippen LogP contribution in [0.3, 0.4) is 0 Å². The molecule has 0 aliphatic heterocycles. The van der Waals surface area contributed by atoms with Gasteiger partial charge in [-0.25, -0.2) is 0 Å². The van der Waals surface area contributed by atoms with Crippen LogP contribution in [0.1, 0.15) is 36.9 Å². The van der Waals surface area contributed by atoms with Gasteiger partial charge >= 0.3 is 0 Å². The van der Waals surface area contributed by atoms with E-state index in [1.165, 1.54) is 0 Å². The highest BCUT2D eigenvalue weighted by Gasteiger charge is 2.08. The zero-order valence-corrected chi connectivity index (χ0v) is 10.4. The molecule has 0 spiro atoms. The molecule has 1 rings (SSSR count). The Kier molecular flexibility index (Phi) is 4.77. The van der Waals surface area contributed by atoms with Gasteiger partial charge in [0.1, 0.15) is 5.75 Å². The molecule has 0 bridgehead atoms. The lowest BCUT2D eigenvalue weighted by Gasteiger charge is -2.15. The van der Waals surface area contributed by atoms with Gasteiger partial charge in [-0.3, -0.25) is 0 Å². The number of aryl methyl sites for hydroxylation is 1. The number of hydrogen-bond donors (Lipinski definition) is 2. The third-order valence-electron chi connectivity index (χ3n) is 2.78. The van der Waals surface area contributed by atoms with Gasteiger partial charge in [-0.15, -0.1) is 0 Å². The molecule has 90 valence electrons.